The molecular weight excluding hydrogens is 158 g/mol. The smallest absolute Gasteiger partial charge is 0.329 e. The van der Waals surface area contributed by atoms with Gasteiger partial charge in [-0.3, -0.25) is 5.43 Å². The highest BCUT2D eigenvalue weighted by Crippen LogP contribution is 1.91. The Morgan fingerprint density at radius 3 is 2.75 bits per heavy atom. The Bertz CT molecular complexity index is 146. The predicted octanol–water partition coefficient (Wildman–Crippen LogP) is -0.447. The fraction of sp³-hybridized carbons (Fsp3) is 0.857. The second-order valence-electron chi connectivity index (χ2n) is 2.57. The zero-order chi connectivity index (χ0) is 8.81. The van der Waals surface area contributed by atoms with Crippen molar-refractivity contribution in [3.05, 3.63) is 0 Å². The van der Waals surface area contributed by atoms with Crippen LogP contribution in [0.25, 0.3) is 0 Å². The standard InChI is InChI=1S/C7H15N3O2/c1-2-8-7(11)9-10-3-5-12-6-4-10/h2-6H2,1H3,(H2,8,9,11). The Labute approximate surface area is 72.0 Å². The van der Waals surface area contributed by atoms with Gasteiger partial charge in [0.05, 0.1) is 13.2 Å². The first-order chi connectivity index (χ1) is 5.83. The average molecular weight is 173 g/mol. The summed E-state index contributed by atoms with van der Waals surface area (Å²) in [4.78, 5) is 11.0. The summed E-state index contributed by atoms with van der Waals surface area (Å²) in [7, 11) is 0. The van der Waals surface area contributed by atoms with Gasteiger partial charge in [0.1, 0.15) is 0 Å². The Kier molecular flexibility index (Phi) is 3.83. The van der Waals surface area contributed by atoms with E-state index in [0.29, 0.717) is 19.8 Å². The maximum absolute atomic E-state index is 11.0. The molecule has 1 saturated heterocycles. The normalized spacial score (nSPS) is 18.8. The van der Waals surface area contributed by atoms with Crippen molar-refractivity contribution >= 4 is 6.03 Å². The lowest BCUT2D eigenvalue weighted by molar-refractivity contribution is 0.0196. The molecule has 0 saturated carbocycles. The van der Waals surface area contributed by atoms with E-state index in [2.05, 4.69) is 10.7 Å². The molecule has 5 nitrogen and oxygen atoms in total. The monoisotopic (exact) mass is 173 g/mol. The van der Waals surface area contributed by atoms with E-state index in [9.17, 15) is 4.79 Å². The second-order valence-corrected chi connectivity index (χ2v) is 2.57. The lowest BCUT2D eigenvalue weighted by atomic mass is 10.5. The minimum atomic E-state index is -0.139. The fourth-order valence-corrected chi connectivity index (χ4v) is 1.02. The molecule has 1 rings (SSSR count). The van der Waals surface area contributed by atoms with Gasteiger partial charge in [-0.05, 0) is 6.92 Å². The van der Waals surface area contributed by atoms with Crippen LogP contribution in [0.1, 0.15) is 6.92 Å². The van der Waals surface area contributed by atoms with Crippen LogP contribution in [0.15, 0.2) is 0 Å². The molecule has 0 atom stereocenters. The number of hydrogen-bond donors (Lipinski definition) is 2. The Morgan fingerprint density at radius 1 is 1.50 bits per heavy atom. The number of carbonyl (C=O) groups excluding carboxylic acids is 1. The average Bonchev–Trinajstić information content (AvgIpc) is 2.06. The SMILES string of the molecule is CCNC(=O)NN1CCOCC1. The van der Waals surface area contributed by atoms with Crippen LogP contribution in [0.2, 0.25) is 0 Å². The molecular formula is C7H15N3O2. The third kappa shape index (κ3) is 3.06. The van der Waals surface area contributed by atoms with Crippen LogP contribution in [0.4, 0.5) is 4.79 Å². The molecule has 0 aliphatic carbocycles. The van der Waals surface area contributed by atoms with Crippen LogP contribution in [0.5, 0.6) is 0 Å². The molecule has 0 unspecified atom stereocenters. The first-order valence-electron chi connectivity index (χ1n) is 4.20. The van der Waals surface area contributed by atoms with Gasteiger partial charge in [0, 0.05) is 19.6 Å². The molecule has 2 amide bonds. The summed E-state index contributed by atoms with van der Waals surface area (Å²) in [5.41, 5.74) is 2.72. The van der Waals surface area contributed by atoms with Gasteiger partial charge in [0.2, 0.25) is 0 Å². The maximum atomic E-state index is 11.0. The highest BCUT2D eigenvalue weighted by Gasteiger charge is 2.11. The molecule has 1 heterocycles. The topological polar surface area (TPSA) is 53.6 Å². The van der Waals surface area contributed by atoms with Crippen molar-refractivity contribution in [3.63, 3.8) is 0 Å². The van der Waals surface area contributed by atoms with E-state index in [1.807, 2.05) is 11.9 Å². The van der Waals surface area contributed by atoms with E-state index in [-0.39, 0.29) is 6.03 Å². The van der Waals surface area contributed by atoms with Gasteiger partial charge in [0.25, 0.3) is 0 Å². The van der Waals surface area contributed by atoms with Gasteiger partial charge in [0.15, 0.2) is 0 Å². The number of urea groups is 1. The quantitative estimate of drug-likeness (QED) is 0.595. The number of nitrogens with one attached hydrogen (secondary N) is 2. The number of hydrogen-bond acceptors (Lipinski definition) is 3. The number of hydrazine groups is 1. The zero-order valence-electron chi connectivity index (χ0n) is 7.30. The highest BCUT2D eigenvalue weighted by molar-refractivity contribution is 5.73. The van der Waals surface area contributed by atoms with E-state index in [1.165, 1.54) is 0 Å². The van der Waals surface area contributed by atoms with Crippen LogP contribution in [0, 0.1) is 0 Å². The van der Waals surface area contributed by atoms with Gasteiger partial charge in [-0.2, -0.15) is 0 Å². The van der Waals surface area contributed by atoms with Gasteiger partial charge in [-0.25, -0.2) is 9.80 Å². The number of ether oxygens (including phenoxy) is 1. The summed E-state index contributed by atoms with van der Waals surface area (Å²) in [6.07, 6.45) is 0. The maximum Gasteiger partial charge on any atom is 0.329 e. The van der Waals surface area contributed by atoms with Crippen LogP contribution < -0.4 is 10.7 Å². The molecule has 12 heavy (non-hydrogen) atoms. The summed E-state index contributed by atoms with van der Waals surface area (Å²) < 4.78 is 5.13. The van der Waals surface area contributed by atoms with Gasteiger partial charge >= 0.3 is 6.03 Å². The summed E-state index contributed by atoms with van der Waals surface area (Å²) in [6.45, 7) is 5.43. The van der Waals surface area contributed by atoms with E-state index < -0.39 is 0 Å². The minimum absolute atomic E-state index is 0.139. The molecule has 1 fully saturated rings. The Balaban J connectivity index is 2.15. The molecule has 0 spiro atoms. The molecule has 2 N–H and O–H groups in total. The Morgan fingerprint density at radius 2 is 2.17 bits per heavy atom. The number of nitrogens with zero attached hydrogens (tertiary/aromatic N) is 1. The number of amides is 2. The van der Waals surface area contributed by atoms with E-state index in [1.54, 1.807) is 0 Å². The van der Waals surface area contributed by atoms with E-state index in [4.69, 9.17) is 4.74 Å². The number of rotatable bonds is 2. The number of morpholine rings is 1. The third-order valence-electron chi connectivity index (χ3n) is 1.61. The van der Waals surface area contributed by atoms with Crippen molar-refractivity contribution in [2.24, 2.45) is 0 Å². The Hall–Kier alpha value is -0.810. The van der Waals surface area contributed by atoms with Crippen LogP contribution >= 0.6 is 0 Å². The predicted molar refractivity (Wildman–Crippen MR) is 44.6 cm³/mol. The lowest BCUT2D eigenvalue weighted by Gasteiger charge is -2.26. The van der Waals surface area contributed by atoms with Gasteiger partial charge in [-0.15, -0.1) is 0 Å². The van der Waals surface area contributed by atoms with Gasteiger partial charge < -0.3 is 10.1 Å². The van der Waals surface area contributed by atoms with Crippen molar-refractivity contribution in [1.29, 1.82) is 0 Å². The molecule has 5 heteroatoms. The lowest BCUT2D eigenvalue weighted by Crippen LogP contribution is -2.51. The van der Waals surface area contributed by atoms with E-state index in [0.717, 1.165) is 13.1 Å². The largest absolute Gasteiger partial charge is 0.379 e. The summed E-state index contributed by atoms with van der Waals surface area (Å²) >= 11 is 0. The third-order valence-corrected chi connectivity index (χ3v) is 1.61. The molecule has 1 aliphatic rings. The summed E-state index contributed by atoms with van der Waals surface area (Å²) in [5, 5.41) is 4.52. The first-order valence-corrected chi connectivity index (χ1v) is 4.20. The number of carbonyl (C=O) groups is 1. The molecule has 0 radical (unpaired) electrons. The van der Waals surface area contributed by atoms with Crippen LogP contribution in [-0.4, -0.2) is 43.9 Å². The van der Waals surface area contributed by atoms with Crippen molar-refractivity contribution in [3.8, 4) is 0 Å². The van der Waals surface area contributed by atoms with Crippen LogP contribution in [-0.2, 0) is 4.74 Å². The molecule has 0 aromatic carbocycles. The molecule has 70 valence electrons. The van der Waals surface area contributed by atoms with Crippen molar-refractivity contribution in [2.45, 2.75) is 6.92 Å². The molecule has 0 aromatic heterocycles. The fourth-order valence-electron chi connectivity index (χ4n) is 1.02. The summed E-state index contributed by atoms with van der Waals surface area (Å²) in [5.74, 6) is 0. The first kappa shape index (κ1) is 9.28. The summed E-state index contributed by atoms with van der Waals surface area (Å²) in [6, 6.07) is -0.139. The van der Waals surface area contributed by atoms with Crippen molar-refractivity contribution in [2.75, 3.05) is 32.8 Å². The van der Waals surface area contributed by atoms with E-state index >= 15 is 0 Å². The van der Waals surface area contributed by atoms with Crippen molar-refractivity contribution < 1.29 is 9.53 Å². The van der Waals surface area contributed by atoms with Gasteiger partial charge in [-0.1, -0.05) is 0 Å². The molecule has 1 aliphatic heterocycles. The zero-order valence-corrected chi connectivity index (χ0v) is 7.30. The molecule has 0 bridgehead atoms. The highest BCUT2D eigenvalue weighted by atomic mass is 16.5. The van der Waals surface area contributed by atoms with Crippen LogP contribution in [0.3, 0.4) is 0 Å². The molecule has 0 aromatic rings. The second kappa shape index (κ2) is 4.95. The van der Waals surface area contributed by atoms with Crippen molar-refractivity contribution in [1.82, 2.24) is 15.8 Å². The minimum Gasteiger partial charge on any atom is -0.379 e.